The molecule has 0 bridgehead atoms. The summed E-state index contributed by atoms with van der Waals surface area (Å²) in [6, 6.07) is 0. The Morgan fingerprint density at radius 3 is 1.43 bits per heavy atom. The Kier molecular flexibility index (Phi) is 6.69. The van der Waals surface area contributed by atoms with Gasteiger partial charge in [-0.2, -0.15) is 0 Å². The van der Waals surface area contributed by atoms with E-state index in [4.69, 9.17) is 11.1 Å². The fraction of sp³-hybridized carbons (Fsp3) is 0.800. The molecule has 0 unspecified atom stereocenters. The van der Waals surface area contributed by atoms with Gasteiger partial charge in [0.1, 0.15) is 0 Å². The second kappa shape index (κ2) is 6.61. The smallest absolute Gasteiger partial charge is 0.297 e. The minimum atomic E-state index is -2.08. The number of nitrogens with zero attached hydrogens (tertiary/aromatic N) is 2. The predicted molar refractivity (Wildman–Crippen MR) is 67.6 cm³/mol. The highest BCUT2D eigenvalue weighted by Gasteiger charge is 2.39. The van der Waals surface area contributed by atoms with E-state index in [1.165, 1.54) is 0 Å². The first kappa shape index (κ1) is 14.2. The Labute approximate surface area is 94.4 Å². The van der Waals surface area contributed by atoms with Crippen LogP contribution in [0, 0.1) is 0 Å². The van der Waals surface area contributed by atoms with Crippen LogP contribution < -0.4 is 0 Å². The van der Waals surface area contributed by atoms with Crippen molar-refractivity contribution < 1.29 is 0 Å². The van der Waals surface area contributed by atoms with Gasteiger partial charge < -0.3 is 0 Å². The minimum absolute atomic E-state index is 0.995. The van der Waals surface area contributed by atoms with E-state index in [-0.39, 0.29) is 0 Å². The van der Waals surface area contributed by atoms with Gasteiger partial charge in [-0.15, -0.1) is 17.7 Å². The molecule has 0 aromatic carbocycles. The largest absolute Gasteiger partial charge is 0.332 e. The van der Waals surface area contributed by atoms with Crippen molar-refractivity contribution in [3.8, 4) is 0 Å². The zero-order valence-corrected chi connectivity index (χ0v) is 11.6. The molecule has 84 valence electrons. The van der Waals surface area contributed by atoms with Crippen molar-refractivity contribution in [1.82, 2.24) is 9.13 Å². The molecule has 0 saturated carbocycles. The predicted octanol–water partition coefficient (Wildman–Crippen LogP) is 2.57. The molecule has 14 heavy (non-hydrogen) atoms. The maximum absolute atomic E-state index is 6.73. The molecule has 0 N–H and O–H groups in total. The third-order valence-corrected chi connectivity index (χ3v) is 8.13. The summed E-state index contributed by atoms with van der Waals surface area (Å²) in [7, 11) is -2.08. The first-order valence-corrected chi connectivity index (χ1v) is 8.41. The van der Waals surface area contributed by atoms with Crippen molar-refractivity contribution >= 4 is 18.8 Å². The average molecular weight is 235 g/mol. The van der Waals surface area contributed by atoms with E-state index in [0.717, 1.165) is 26.2 Å². The van der Waals surface area contributed by atoms with Gasteiger partial charge in [-0.3, -0.25) is 9.13 Å². The lowest BCUT2D eigenvalue weighted by atomic mass is 10.7. The molecule has 0 heterocycles. The Morgan fingerprint density at radius 2 is 1.29 bits per heavy atom. The van der Waals surface area contributed by atoms with E-state index in [9.17, 15) is 0 Å². The monoisotopic (exact) mass is 234 g/mol. The summed E-state index contributed by atoms with van der Waals surface area (Å²) in [4.78, 5) is 0. The zero-order chi connectivity index (χ0) is 11.2. The van der Waals surface area contributed by atoms with Crippen LogP contribution in [0.15, 0.2) is 12.3 Å². The van der Waals surface area contributed by atoms with Crippen LogP contribution in [0.4, 0.5) is 0 Å². The summed E-state index contributed by atoms with van der Waals surface area (Å²) in [5, 5.41) is 0. The number of hydrogen-bond acceptors (Lipinski definition) is 2. The van der Waals surface area contributed by atoms with Gasteiger partial charge in [0.25, 0.3) is 0 Å². The second-order valence-electron chi connectivity index (χ2n) is 3.19. The van der Waals surface area contributed by atoms with Crippen LogP contribution in [0.2, 0.25) is 0 Å². The van der Waals surface area contributed by atoms with Crippen LogP contribution in [0.25, 0.3) is 0 Å². The van der Waals surface area contributed by atoms with Crippen LogP contribution in [0.5, 0.6) is 0 Å². The lowest BCUT2D eigenvalue weighted by molar-refractivity contribution is 0.379. The van der Waals surface area contributed by atoms with Crippen LogP contribution in [0.3, 0.4) is 0 Å². The first-order valence-electron chi connectivity index (χ1n) is 5.43. The summed E-state index contributed by atoms with van der Waals surface area (Å²) < 4.78 is 4.68. The van der Waals surface area contributed by atoms with Gasteiger partial charge in [-0.1, -0.05) is 33.4 Å². The van der Waals surface area contributed by atoms with Crippen molar-refractivity contribution in [2.45, 2.75) is 27.7 Å². The third-order valence-electron chi connectivity index (χ3n) is 2.67. The van der Waals surface area contributed by atoms with Gasteiger partial charge in [0.15, 0.2) is 0 Å². The molecule has 0 fully saturated rings. The molecule has 0 spiro atoms. The molecular weight excluding hydrogens is 212 g/mol. The van der Waals surface area contributed by atoms with Crippen LogP contribution in [-0.2, 0) is 0 Å². The van der Waals surface area contributed by atoms with Gasteiger partial charge in [-0.05, 0) is 26.2 Å². The van der Waals surface area contributed by atoms with E-state index in [1.54, 1.807) is 0 Å². The van der Waals surface area contributed by atoms with E-state index in [1.807, 2.05) is 5.70 Å². The van der Waals surface area contributed by atoms with E-state index >= 15 is 0 Å². The Morgan fingerprint density at radius 1 is 1.00 bits per heavy atom. The highest BCUT2D eigenvalue weighted by atomic mass is 35.6. The first-order chi connectivity index (χ1) is 6.60. The second-order valence-corrected chi connectivity index (χ2v) is 7.80. The summed E-state index contributed by atoms with van der Waals surface area (Å²) in [5.41, 5.74) is 1.97. The number of hydrogen-bond donors (Lipinski definition) is 0. The molecule has 0 aromatic rings. The molecule has 0 radical (unpaired) electrons. The van der Waals surface area contributed by atoms with Crippen molar-refractivity contribution in [2.75, 3.05) is 26.2 Å². The topological polar surface area (TPSA) is 6.48 Å². The molecule has 0 aromatic heterocycles. The molecule has 0 saturated heterocycles. The van der Waals surface area contributed by atoms with Gasteiger partial charge in [0, 0.05) is 0 Å². The summed E-state index contributed by atoms with van der Waals surface area (Å²) in [5.74, 6) is 0. The fourth-order valence-electron chi connectivity index (χ4n) is 1.79. The Balaban J connectivity index is 4.82. The maximum Gasteiger partial charge on any atom is 0.332 e. The van der Waals surface area contributed by atoms with E-state index < -0.39 is 7.71 Å². The quantitative estimate of drug-likeness (QED) is 0.494. The molecule has 4 heteroatoms. The normalized spacial score (nSPS) is 12.5. The summed E-state index contributed by atoms with van der Waals surface area (Å²) in [6.45, 7) is 16.5. The van der Waals surface area contributed by atoms with Crippen molar-refractivity contribution in [2.24, 2.45) is 0 Å². The maximum atomic E-state index is 6.73. The van der Waals surface area contributed by atoms with Crippen molar-refractivity contribution in [3.63, 3.8) is 0 Å². The van der Waals surface area contributed by atoms with Gasteiger partial charge in [-0.25, -0.2) is 0 Å². The third kappa shape index (κ3) is 2.83. The Hall–Kier alpha value is 0.167. The molecule has 0 rings (SSSR count). The lowest BCUT2D eigenvalue weighted by Gasteiger charge is -2.40. The highest BCUT2D eigenvalue weighted by Crippen LogP contribution is 2.20. The molecule has 0 amide bonds. The number of rotatable bonds is 7. The molecule has 2 nitrogen and oxygen atoms in total. The summed E-state index contributed by atoms with van der Waals surface area (Å²) >= 11 is 6.73. The van der Waals surface area contributed by atoms with E-state index in [0.29, 0.717) is 0 Å². The summed E-state index contributed by atoms with van der Waals surface area (Å²) in [6.07, 6.45) is 0. The minimum Gasteiger partial charge on any atom is -0.297 e. The standard InChI is InChI=1S/C10H23ClN2Si/c1-6-12(7-2)14(11,10-5)13(8-3)9-4/h10H,5-9H2,1-4H3. The molecule has 0 aliphatic heterocycles. The van der Waals surface area contributed by atoms with Crippen LogP contribution in [-0.4, -0.2) is 43.0 Å². The molecule has 0 aliphatic rings. The van der Waals surface area contributed by atoms with E-state index in [2.05, 4.69) is 43.4 Å². The van der Waals surface area contributed by atoms with Gasteiger partial charge in [0.2, 0.25) is 0 Å². The van der Waals surface area contributed by atoms with Gasteiger partial charge >= 0.3 is 7.71 Å². The molecule has 0 atom stereocenters. The SMILES string of the molecule is C=C[Si](Cl)(N(CC)CC)N(CC)CC. The molecular formula is C10H23ClN2Si. The number of halogens is 1. The zero-order valence-electron chi connectivity index (χ0n) is 9.89. The fourth-order valence-corrected chi connectivity index (χ4v) is 5.92. The van der Waals surface area contributed by atoms with Gasteiger partial charge in [0.05, 0.1) is 0 Å². The van der Waals surface area contributed by atoms with Crippen LogP contribution in [0.1, 0.15) is 27.7 Å². The lowest BCUT2D eigenvalue weighted by Crippen LogP contribution is -2.60. The highest BCUT2D eigenvalue weighted by molar-refractivity contribution is 7.19. The van der Waals surface area contributed by atoms with Crippen molar-refractivity contribution in [3.05, 3.63) is 12.3 Å². The van der Waals surface area contributed by atoms with Crippen LogP contribution >= 0.6 is 11.1 Å². The van der Waals surface area contributed by atoms with Crippen molar-refractivity contribution in [1.29, 1.82) is 0 Å². The molecule has 0 aliphatic carbocycles. The average Bonchev–Trinajstić information content (AvgIpc) is 2.21. The Bertz CT molecular complexity index is 156.